The van der Waals surface area contributed by atoms with E-state index in [1.807, 2.05) is 18.2 Å². The predicted molar refractivity (Wildman–Crippen MR) is 74.6 cm³/mol. The van der Waals surface area contributed by atoms with Gasteiger partial charge in [0.2, 0.25) is 0 Å². The zero-order chi connectivity index (χ0) is 13.7. The lowest BCUT2D eigenvalue weighted by atomic mass is 10.1. The zero-order valence-electron chi connectivity index (χ0n) is 11.1. The number of aromatic nitrogens is 2. The van der Waals surface area contributed by atoms with Crippen LogP contribution >= 0.6 is 0 Å². The Hall–Kier alpha value is -2.23. The van der Waals surface area contributed by atoms with Crippen LogP contribution in [0.5, 0.6) is 0 Å². The summed E-state index contributed by atoms with van der Waals surface area (Å²) in [6, 6.07) is 7.42. The Morgan fingerprint density at radius 2 is 2.11 bits per heavy atom. The fraction of sp³-hybridized carbons (Fsp3) is 0.267. The minimum absolute atomic E-state index is 0.0843. The molecule has 0 saturated heterocycles. The molecule has 0 unspecified atom stereocenters. The van der Waals surface area contributed by atoms with Crippen molar-refractivity contribution in [3.8, 4) is 11.3 Å². The number of nitrogens with zero attached hydrogens (tertiary/aromatic N) is 2. The molecule has 4 heteroatoms. The van der Waals surface area contributed by atoms with E-state index < -0.39 is 0 Å². The molecule has 0 spiro atoms. The van der Waals surface area contributed by atoms with Gasteiger partial charge in [-0.05, 0) is 30.2 Å². The summed E-state index contributed by atoms with van der Waals surface area (Å²) in [5.41, 5.74) is 2.33. The summed E-state index contributed by atoms with van der Waals surface area (Å²) in [7, 11) is 0. The van der Waals surface area contributed by atoms with Crippen LogP contribution in [0.15, 0.2) is 42.9 Å². The van der Waals surface area contributed by atoms with Crippen LogP contribution in [0.2, 0.25) is 0 Å². The Morgan fingerprint density at radius 1 is 1.26 bits per heavy atom. The monoisotopic (exact) mass is 255 g/mol. The van der Waals surface area contributed by atoms with Crippen LogP contribution in [0.3, 0.4) is 0 Å². The third-order valence-electron chi connectivity index (χ3n) is 2.65. The van der Waals surface area contributed by atoms with Crippen molar-refractivity contribution < 1.29 is 4.79 Å². The number of hydrogen-bond donors (Lipinski definition) is 1. The fourth-order valence-electron chi connectivity index (χ4n) is 1.61. The highest BCUT2D eigenvalue weighted by atomic mass is 16.1. The van der Waals surface area contributed by atoms with Crippen molar-refractivity contribution in [2.24, 2.45) is 5.92 Å². The van der Waals surface area contributed by atoms with Crippen molar-refractivity contribution in [1.82, 2.24) is 15.3 Å². The SMILES string of the molecule is CC(C)CNC(=O)c1ccc(-c2cccnc2)nc1. The minimum Gasteiger partial charge on any atom is -0.352 e. The summed E-state index contributed by atoms with van der Waals surface area (Å²) in [5.74, 6) is 0.352. The fourth-order valence-corrected chi connectivity index (χ4v) is 1.61. The number of carbonyl (C=O) groups excluding carboxylic acids is 1. The molecule has 2 heterocycles. The largest absolute Gasteiger partial charge is 0.352 e. The van der Waals surface area contributed by atoms with Crippen molar-refractivity contribution in [3.63, 3.8) is 0 Å². The van der Waals surface area contributed by atoms with Gasteiger partial charge in [0.05, 0.1) is 11.3 Å². The smallest absolute Gasteiger partial charge is 0.252 e. The van der Waals surface area contributed by atoms with Gasteiger partial charge in [0.15, 0.2) is 0 Å². The van der Waals surface area contributed by atoms with Crippen molar-refractivity contribution in [3.05, 3.63) is 48.4 Å². The Kier molecular flexibility index (Phi) is 4.23. The Balaban J connectivity index is 2.08. The van der Waals surface area contributed by atoms with Crippen LogP contribution in [0.25, 0.3) is 11.3 Å². The van der Waals surface area contributed by atoms with Crippen LogP contribution in [-0.2, 0) is 0 Å². The molecule has 0 saturated carbocycles. The second-order valence-corrected chi connectivity index (χ2v) is 4.78. The van der Waals surface area contributed by atoms with Gasteiger partial charge < -0.3 is 5.32 Å². The average Bonchev–Trinajstić information content (AvgIpc) is 2.46. The summed E-state index contributed by atoms with van der Waals surface area (Å²) in [4.78, 5) is 20.2. The zero-order valence-corrected chi connectivity index (χ0v) is 11.1. The highest BCUT2D eigenvalue weighted by molar-refractivity contribution is 5.94. The normalized spacial score (nSPS) is 10.5. The van der Waals surface area contributed by atoms with Crippen molar-refractivity contribution >= 4 is 5.91 Å². The van der Waals surface area contributed by atoms with Crippen LogP contribution in [0.4, 0.5) is 0 Å². The van der Waals surface area contributed by atoms with Gasteiger partial charge in [-0.2, -0.15) is 0 Å². The Bertz CT molecular complexity index is 535. The van der Waals surface area contributed by atoms with Gasteiger partial charge in [-0.3, -0.25) is 14.8 Å². The molecule has 2 aromatic heterocycles. The molecule has 4 nitrogen and oxygen atoms in total. The first-order chi connectivity index (χ1) is 9.16. The standard InChI is InChI=1S/C15H17N3O/c1-11(2)8-18-15(19)13-5-6-14(17-10-13)12-4-3-7-16-9-12/h3-7,9-11H,8H2,1-2H3,(H,18,19). The maximum Gasteiger partial charge on any atom is 0.252 e. The van der Waals surface area contributed by atoms with Gasteiger partial charge in [-0.15, -0.1) is 0 Å². The second kappa shape index (κ2) is 6.09. The molecule has 0 fully saturated rings. The van der Waals surface area contributed by atoms with Gasteiger partial charge in [0.1, 0.15) is 0 Å². The number of rotatable bonds is 4. The molecule has 0 bridgehead atoms. The molecule has 2 rings (SSSR count). The maximum absolute atomic E-state index is 11.8. The van der Waals surface area contributed by atoms with Gasteiger partial charge in [-0.25, -0.2) is 0 Å². The van der Waals surface area contributed by atoms with Crippen LogP contribution < -0.4 is 5.32 Å². The molecule has 0 aliphatic carbocycles. The molecule has 0 radical (unpaired) electrons. The first-order valence-corrected chi connectivity index (χ1v) is 6.31. The minimum atomic E-state index is -0.0843. The molecule has 0 aliphatic heterocycles. The first kappa shape index (κ1) is 13.2. The predicted octanol–water partition coefficient (Wildman–Crippen LogP) is 2.53. The van der Waals surface area contributed by atoms with E-state index in [9.17, 15) is 4.79 Å². The summed E-state index contributed by atoms with van der Waals surface area (Å²) >= 11 is 0. The summed E-state index contributed by atoms with van der Waals surface area (Å²) < 4.78 is 0. The van der Waals surface area contributed by atoms with E-state index in [0.717, 1.165) is 11.3 Å². The van der Waals surface area contributed by atoms with Crippen molar-refractivity contribution in [2.45, 2.75) is 13.8 Å². The molecule has 19 heavy (non-hydrogen) atoms. The average molecular weight is 255 g/mol. The molecule has 1 N–H and O–H groups in total. The maximum atomic E-state index is 11.8. The summed E-state index contributed by atoms with van der Waals surface area (Å²) in [5, 5.41) is 2.87. The molecular weight excluding hydrogens is 238 g/mol. The van der Waals surface area contributed by atoms with E-state index in [1.54, 1.807) is 24.7 Å². The number of hydrogen-bond acceptors (Lipinski definition) is 3. The number of nitrogens with one attached hydrogen (secondary N) is 1. The summed E-state index contributed by atoms with van der Waals surface area (Å²) in [6.07, 6.45) is 5.07. The van der Waals surface area contributed by atoms with Crippen LogP contribution in [0, 0.1) is 5.92 Å². The first-order valence-electron chi connectivity index (χ1n) is 6.31. The lowest BCUT2D eigenvalue weighted by molar-refractivity contribution is 0.0948. The van der Waals surface area contributed by atoms with E-state index in [2.05, 4.69) is 29.1 Å². The van der Waals surface area contributed by atoms with E-state index in [1.165, 1.54) is 0 Å². The van der Waals surface area contributed by atoms with Gasteiger partial charge in [0.25, 0.3) is 5.91 Å². The van der Waals surface area contributed by atoms with E-state index in [0.29, 0.717) is 18.0 Å². The summed E-state index contributed by atoms with van der Waals surface area (Å²) in [6.45, 7) is 4.79. The number of pyridine rings is 2. The van der Waals surface area contributed by atoms with Crippen LogP contribution in [0.1, 0.15) is 24.2 Å². The number of carbonyl (C=O) groups is 1. The van der Waals surface area contributed by atoms with Gasteiger partial charge >= 0.3 is 0 Å². The van der Waals surface area contributed by atoms with E-state index in [-0.39, 0.29) is 5.91 Å². The Morgan fingerprint density at radius 3 is 2.68 bits per heavy atom. The van der Waals surface area contributed by atoms with Crippen molar-refractivity contribution in [1.29, 1.82) is 0 Å². The molecule has 0 aliphatic rings. The lowest BCUT2D eigenvalue weighted by Crippen LogP contribution is -2.27. The molecular formula is C15H17N3O. The van der Waals surface area contributed by atoms with E-state index in [4.69, 9.17) is 0 Å². The third-order valence-corrected chi connectivity index (χ3v) is 2.65. The quantitative estimate of drug-likeness (QED) is 0.913. The lowest BCUT2D eigenvalue weighted by Gasteiger charge is -2.07. The molecule has 0 atom stereocenters. The number of amides is 1. The van der Waals surface area contributed by atoms with E-state index >= 15 is 0 Å². The molecule has 98 valence electrons. The third kappa shape index (κ3) is 3.61. The Labute approximate surface area is 112 Å². The molecule has 0 aromatic carbocycles. The topological polar surface area (TPSA) is 54.9 Å². The van der Waals surface area contributed by atoms with Gasteiger partial charge in [0, 0.05) is 30.7 Å². The molecule has 1 amide bonds. The molecule has 2 aromatic rings. The highest BCUT2D eigenvalue weighted by Crippen LogP contribution is 2.15. The highest BCUT2D eigenvalue weighted by Gasteiger charge is 2.07. The van der Waals surface area contributed by atoms with Gasteiger partial charge in [-0.1, -0.05) is 13.8 Å². The second-order valence-electron chi connectivity index (χ2n) is 4.78. The van der Waals surface area contributed by atoms with Crippen LogP contribution in [-0.4, -0.2) is 22.4 Å². The van der Waals surface area contributed by atoms with Crippen molar-refractivity contribution in [2.75, 3.05) is 6.54 Å².